The molecule has 1 rings (SSSR count). The minimum atomic E-state index is -0.139. The summed E-state index contributed by atoms with van der Waals surface area (Å²) in [4.78, 5) is 24.3. The van der Waals surface area contributed by atoms with E-state index in [9.17, 15) is 9.59 Å². The van der Waals surface area contributed by atoms with Crippen LogP contribution in [0.15, 0.2) is 0 Å². The van der Waals surface area contributed by atoms with Crippen molar-refractivity contribution in [2.45, 2.75) is 32.6 Å². The monoisotopic (exact) mass is 167 g/mol. The topological polar surface area (TPSA) is 37.4 Å². The van der Waals surface area contributed by atoms with E-state index in [0.29, 0.717) is 0 Å². The molecular weight excluding hydrogens is 153 g/mol. The maximum atomic E-state index is 11.5. The minimum absolute atomic E-state index is 0.00241. The van der Waals surface area contributed by atoms with Crippen LogP contribution in [-0.2, 0) is 9.59 Å². The lowest BCUT2D eigenvalue weighted by atomic mass is 9.79. The van der Waals surface area contributed by atoms with Crippen LogP contribution in [0.25, 0.3) is 0 Å². The van der Waals surface area contributed by atoms with Crippen LogP contribution < -0.4 is 0 Å². The Balaban J connectivity index is 2.91. The second-order valence-electron chi connectivity index (χ2n) is 3.72. The van der Waals surface area contributed by atoms with Gasteiger partial charge in [0.05, 0.1) is 0 Å². The molecule has 0 radical (unpaired) electrons. The molecular formula is C8H14BNO2. The highest BCUT2D eigenvalue weighted by molar-refractivity contribution is 6.30. The molecule has 0 aromatic rings. The Hall–Kier alpha value is -0.795. The maximum Gasteiger partial charge on any atom is 0.232 e. The molecule has 2 unspecified atom stereocenters. The van der Waals surface area contributed by atoms with E-state index in [2.05, 4.69) is 0 Å². The smallest absolute Gasteiger partial charge is 0.232 e. The van der Waals surface area contributed by atoms with E-state index in [1.165, 1.54) is 4.90 Å². The number of carbonyl (C=O) groups is 2. The third-order valence-corrected chi connectivity index (χ3v) is 2.52. The zero-order valence-electron chi connectivity index (χ0n) is 8.00. The number of imide groups is 1. The quantitative estimate of drug-likeness (QED) is 0.401. The first-order chi connectivity index (χ1) is 5.46. The second-order valence-corrected chi connectivity index (χ2v) is 3.72. The van der Waals surface area contributed by atoms with Gasteiger partial charge in [0.25, 0.3) is 0 Å². The lowest BCUT2D eigenvalue weighted by Gasteiger charge is -2.18. The lowest BCUT2D eigenvalue weighted by molar-refractivity contribution is -0.141. The van der Waals surface area contributed by atoms with Crippen molar-refractivity contribution in [3.63, 3.8) is 0 Å². The van der Waals surface area contributed by atoms with E-state index in [1.807, 2.05) is 28.6 Å². The average Bonchev–Trinajstić information content (AvgIpc) is 2.16. The van der Waals surface area contributed by atoms with Crippen molar-refractivity contribution >= 4 is 19.7 Å². The predicted molar refractivity (Wildman–Crippen MR) is 48.4 cm³/mol. The molecule has 2 amide bonds. The summed E-state index contributed by atoms with van der Waals surface area (Å²) in [5.41, 5.74) is 0. The molecule has 3 nitrogen and oxygen atoms in total. The molecule has 1 fully saturated rings. The van der Waals surface area contributed by atoms with Gasteiger partial charge in [-0.2, -0.15) is 0 Å². The SMILES string of the molecule is BC1C(=O)N(C(C)C)C(=O)C1C. The summed E-state index contributed by atoms with van der Waals surface area (Å²) in [5, 5.41) is 0. The summed E-state index contributed by atoms with van der Waals surface area (Å²) >= 11 is 0. The van der Waals surface area contributed by atoms with Gasteiger partial charge in [0.15, 0.2) is 0 Å². The van der Waals surface area contributed by atoms with Gasteiger partial charge in [-0.1, -0.05) is 6.92 Å². The number of likely N-dealkylation sites (tertiary alicyclic amines) is 1. The van der Waals surface area contributed by atoms with E-state index in [4.69, 9.17) is 0 Å². The van der Waals surface area contributed by atoms with Crippen molar-refractivity contribution in [1.29, 1.82) is 0 Å². The fourth-order valence-electron chi connectivity index (χ4n) is 1.48. The Labute approximate surface area is 73.5 Å². The molecule has 1 saturated heterocycles. The van der Waals surface area contributed by atoms with Crippen LogP contribution in [0.1, 0.15) is 20.8 Å². The molecule has 2 atom stereocenters. The second kappa shape index (κ2) is 2.92. The zero-order valence-corrected chi connectivity index (χ0v) is 8.00. The third kappa shape index (κ3) is 1.15. The van der Waals surface area contributed by atoms with E-state index >= 15 is 0 Å². The van der Waals surface area contributed by atoms with Crippen LogP contribution in [0.2, 0.25) is 5.82 Å². The van der Waals surface area contributed by atoms with Crippen LogP contribution >= 0.6 is 0 Å². The fraction of sp³-hybridized carbons (Fsp3) is 0.750. The Morgan fingerprint density at radius 2 is 1.83 bits per heavy atom. The van der Waals surface area contributed by atoms with Crippen molar-refractivity contribution in [2.24, 2.45) is 5.92 Å². The van der Waals surface area contributed by atoms with Gasteiger partial charge < -0.3 is 0 Å². The van der Waals surface area contributed by atoms with Crippen LogP contribution in [0.4, 0.5) is 0 Å². The number of carbonyl (C=O) groups excluding carboxylic acids is 2. The fourth-order valence-corrected chi connectivity index (χ4v) is 1.48. The Morgan fingerprint density at radius 3 is 2.00 bits per heavy atom. The van der Waals surface area contributed by atoms with Crippen LogP contribution in [-0.4, -0.2) is 30.6 Å². The molecule has 0 aromatic heterocycles. The molecule has 1 aliphatic rings. The molecule has 0 N–H and O–H groups in total. The zero-order chi connectivity index (χ0) is 9.46. The molecule has 0 aromatic carbocycles. The first kappa shape index (κ1) is 9.29. The number of nitrogens with zero attached hydrogens (tertiary/aromatic N) is 1. The molecule has 0 aliphatic carbocycles. The van der Waals surface area contributed by atoms with Crippen LogP contribution in [0.3, 0.4) is 0 Å². The Morgan fingerprint density at radius 1 is 1.33 bits per heavy atom. The summed E-state index contributed by atoms with van der Waals surface area (Å²) in [6.07, 6.45) is 0. The van der Waals surface area contributed by atoms with E-state index in [1.54, 1.807) is 0 Å². The molecule has 0 bridgehead atoms. The summed E-state index contributed by atoms with van der Waals surface area (Å²) in [6, 6.07) is -0.00241. The van der Waals surface area contributed by atoms with Crippen molar-refractivity contribution in [1.82, 2.24) is 4.90 Å². The average molecular weight is 167 g/mol. The Kier molecular flexibility index (Phi) is 2.26. The van der Waals surface area contributed by atoms with Crippen molar-refractivity contribution in [3.05, 3.63) is 0 Å². The van der Waals surface area contributed by atoms with Gasteiger partial charge >= 0.3 is 0 Å². The summed E-state index contributed by atoms with van der Waals surface area (Å²) < 4.78 is 0. The van der Waals surface area contributed by atoms with E-state index in [-0.39, 0.29) is 29.6 Å². The first-order valence-electron chi connectivity index (χ1n) is 4.33. The number of rotatable bonds is 1. The normalized spacial score (nSPS) is 30.5. The molecule has 0 saturated carbocycles. The van der Waals surface area contributed by atoms with Crippen molar-refractivity contribution < 1.29 is 9.59 Å². The third-order valence-electron chi connectivity index (χ3n) is 2.52. The molecule has 0 spiro atoms. The largest absolute Gasteiger partial charge is 0.280 e. The van der Waals surface area contributed by atoms with Gasteiger partial charge in [-0.3, -0.25) is 14.5 Å². The number of hydrogen-bond acceptors (Lipinski definition) is 2. The standard InChI is InChI=1S/C8H14BNO2/c1-4(2)10-7(11)5(3)6(9)8(10)12/h4-6H,9H2,1-3H3. The van der Waals surface area contributed by atoms with Crippen LogP contribution in [0, 0.1) is 5.92 Å². The minimum Gasteiger partial charge on any atom is -0.280 e. The van der Waals surface area contributed by atoms with Crippen molar-refractivity contribution in [3.8, 4) is 0 Å². The molecule has 12 heavy (non-hydrogen) atoms. The summed E-state index contributed by atoms with van der Waals surface area (Å²) in [7, 11) is 1.81. The number of hydrogen-bond donors (Lipinski definition) is 0. The van der Waals surface area contributed by atoms with E-state index in [0.717, 1.165) is 0 Å². The summed E-state index contributed by atoms with van der Waals surface area (Å²) in [5.74, 6) is -0.329. The molecule has 4 heteroatoms. The van der Waals surface area contributed by atoms with Crippen molar-refractivity contribution in [2.75, 3.05) is 0 Å². The Bertz CT molecular complexity index is 207. The molecule has 1 heterocycles. The highest BCUT2D eigenvalue weighted by atomic mass is 16.2. The maximum absolute atomic E-state index is 11.5. The molecule has 1 aliphatic heterocycles. The molecule has 66 valence electrons. The van der Waals surface area contributed by atoms with Gasteiger partial charge in [0, 0.05) is 17.8 Å². The highest BCUT2D eigenvalue weighted by Crippen LogP contribution is 2.29. The predicted octanol–water partition coefficient (Wildman–Crippen LogP) is -0.179. The van der Waals surface area contributed by atoms with Gasteiger partial charge in [-0.25, -0.2) is 0 Å². The first-order valence-corrected chi connectivity index (χ1v) is 4.33. The van der Waals surface area contributed by atoms with Gasteiger partial charge in [0.2, 0.25) is 11.8 Å². The lowest BCUT2D eigenvalue weighted by Crippen LogP contribution is -2.36. The summed E-state index contributed by atoms with van der Waals surface area (Å²) in [6.45, 7) is 5.54. The van der Waals surface area contributed by atoms with Gasteiger partial charge in [-0.05, 0) is 13.8 Å². The van der Waals surface area contributed by atoms with Crippen LogP contribution in [0.5, 0.6) is 0 Å². The van der Waals surface area contributed by atoms with Gasteiger partial charge in [-0.15, -0.1) is 0 Å². The number of amides is 2. The highest BCUT2D eigenvalue weighted by Gasteiger charge is 2.42. The van der Waals surface area contributed by atoms with Gasteiger partial charge in [0.1, 0.15) is 7.85 Å². The van der Waals surface area contributed by atoms with E-state index < -0.39 is 0 Å².